The van der Waals surface area contributed by atoms with E-state index in [0.717, 1.165) is 19.3 Å². The number of esters is 1. The van der Waals surface area contributed by atoms with E-state index in [-0.39, 0.29) is 59.4 Å². The Hall–Kier alpha value is -0.950. The molecular formula is C25H36O6. The molecule has 2 saturated carbocycles. The zero-order valence-corrected chi connectivity index (χ0v) is 19.2. The molecule has 0 aromatic carbocycles. The smallest absolute Gasteiger partial charge is 0.315 e. The lowest BCUT2D eigenvalue weighted by Crippen LogP contribution is -2.68. The second-order valence-corrected chi connectivity index (χ2v) is 11.6. The highest BCUT2D eigenvalue weighted by Crippen LogP contribution is 2.68. The number of rotatable bonds is 1. The van der Waals surface area contributed by atoms with Crippen molar-refractivity contribution >= 4 is 5.97 Å². The van der Waals surface area contributed by atoms with Crippen LogP contribution in [-0.4, -0.2) is 53.0 Å². The normalized spacial score (nSPS) is 61.8. The molecule has 6 heteroatoms. The maximum absolute atomic E-state index is 13.4. The van der Waals surface area contributed by atoms with Crippen LogP contribution in [0.5, 0.6) is 0 Å². The summed E-state index contributed by atoms with van der Waals surface area (Å²) >= 11 is 0. The number of methoxy groups -OCH3 is 1. The van der Waals surface area contributed by atoms with Crippen LogP contribution in [0.25, 0.3) is 0 Å². The van der Waals surface area contributed by atoms with Gasteiger partial charge in [0.05, 0.1) is 17.8 Å². The molecule has 6 aliphatic rings. The van der Waals surface area contributed by atoms with E-state index in [4.69, 9.17) is 14.2 Å². The van der Waals surface area contributed by atoms with E-state index < -0.39 is 29.5 Å². The predicted octanol–water partition coefficient (Wildman–Crippen LogP) is 2.52. The van der Waals surface area contributed by atoms with Gasteiger partial charge in [-0.25, -0.2) is 0 Å². The summed E-state index contributed by atoms with van der Waals surface area (Å²) in [7, 11) is 1.67. The molecule has 0 radical (unpaired) electrons. The minimum Gasteiger partial charge on any atom is -0.461 e. The number of ether oxygens (including phenoxy) is 3. The summed E-state index contributed by atoms with van der Waals surface area (Å²) in [6.07, 6.45) is 3.49. The molecule has 3 heterocycles. The lowest BCUT2D eigenvalue weighted by atomic mass is 9.61. The van der Waals surface area contributed by atoms with Gasteiger partial charge in [0, 0.05) is 24.9 Å². The van der Waals surface area contributed by atoms with Gasteiger partial charge < -0.3 is 24.4 Å². The topological polar surface area (TPSA) is 85.2 Å². The average Bonchev–Trinajstić information content (AvgIpc) is 3.22. The molecular weight excluding hydrogens is 396 g/mol. The number of hydrogen-bond donors (Lipinski definition) is 2. The second-order valence-electron chi connectivity index (χ2n) is 11.6. The summed E-state index contributed by atoms with van der Waals surface area (Å²) in [5.74, 6) is -0.969. The molecule has 31 heavy (non-hydrogen) atoms. The van der Waals surface area contributed by atoms with Gasteiger partial charge >= 0.3 is 5.97 Å². The van der Waals surface area contributed by atoms with Crippen LogP contribution < -0.4 is 0 Å². The van der Waals surface area contributed by atoms with Gasteiger partial charge in [0.1, 0.15) is 12.0 Å². The van der Waals surface area contributed by atoms with Gasteiger partial charge in [-0.15, -0.1) is 0 Å². The largest absolute Gasteiger partial charge is 0.461 e. The molecule has 0 unspecified atom stereocenters. The van der Waals surface area contributed by atoms with Crippen LogP contribution in [0, 0.1) is 53.3 Å². The zero-order valence-electron chi connectivity index (χ0n) is 19.2. The fourth-order valence-electron chi connectivity index (χ4n) is 9.26. The Morgan fingerprint density at radius 2 is 1.94 bits per heavy atom. The summed E-state index contributed by atoms with van der Waals surface area (Å²) < 4.78 is 19.0. The molecule has 3 bridgehead atoms. The third kappa shape index (κ3) is 2.30. The van der Waals surface area contributed by atoms with Crippen molar-refractivity contribution in [2.45, 2.75) is 76.7 Å². The van der Waals surface area contributed by atoms with Crippen molar-refractivity contribution in [2.75, 3.05) is 7.11 Å². The quantitative estimate of drug-likeness (QED) is 0.489. The third-order valence-electron chi connectivity index (χ3n) is 10.6. The SMILES string of the molecule is CO[C@]12O[C@]3(C)CC[C@@H](OC(=O)[C@@H]1[C@H]1C[C@H]4[C@H](C(C)=C[C@H]5[C@@H](O)[C@H](C)[C@@H](O)[C@@H]54)[C@H]13)[C@H]2C. The summed E-state index contributed by atoms with van der Waals surface area (Å²) in [5, 5.41) is 21.9. The number of aliphatic hydroxyl groups excluding tert-OH is 2. The van der Waals surface area contributed by atoms with Gasteiger partial charge in [0.15, 0.2) is 5.79 Å². The highest BCUT2D eigenvalue weighted by atomic mass is 16.7. The number of carbonyl (C=O) groups excluding carboxylic acids is 1. The molecule has 3 aliphatic carbocycles. The number of carbonyl (C=O) groups is 1. The van der Waals surface area contributed by atoms with Gasteiger partial charge in [-0.1, -0.05) is 25.5 Å². The van der Waals surface area contributed by atoms with E-state index in [1.54, 1.807) is 7.11 Å². The zero-order chi connectivity index (χ0) is 22.0. The molecule has 6 rings (SSSR count). The Balaban J connectivity index is 1.50. The molecule has 172 valence electrons. The van der Waals surface area contributed by atoms with Gasteiger partial charge in [0.2, 0.25) is 0 Å². The van der Waals surface area contributed by atoms with E-state index in [9.17, 15) is 15.0 Å². The molecule has 0 spiro atoms. The molecule has 3 aliphatic heterocycles. The van der Waals surface area contributed by atoms with Gasteiger partial charge in [-0.2, -0.15) is 0 Å². The van der Waals surface area contributed by atoms with E-state index in [1.807, 2.05) is 6.92 Å². The molecule has 0 aromatic rings. The van der Waals surface area contributed by atoms with E-state index >= 15 is 0 Å². The maximum atomic E-state index is 13.4. The highest BCUT2D eigenvalue weighted by molar-refractivity contribution is 5.76. The van der Waals surface area contributed by atoms with Crippen molar-refractivity contribution < 1.29 is 29.2 Å². The lowest BCUT2D eigenvalue weighted by Gasteiger charge is -2.58. The first-order valence-corrected chi connectivity index (χ1v) is 12.1. The monoisotopic (exact) mass is 432 g/mol. The fraction of sp³-hybridized carbons (Fsp3) is 0.880. The van der Waals surface area contributed by atoms with E-state index in [1.165, 1.54) is 5.57 Å². The number of hydrogen-bond acceptors (Lipinski definition) is 6. The Kier molecular flexibility index (Phi) is 4.22. The predicted molar refractivity (Wildman–Crippen MR) is 111 cm³/mol. The molecule has 14 atom stereocenters. The van der Waals surface area contributed by atoms with Crippen molar-refractivity contribution in [3.05, 3.63) is 11.6 Å². The molecule has 0 aromatic heterocycles. The number of aliphatic hydroxyl groups is 2. The first-order valence-electron chi connectivity index (χ1n) is 12.1. The Bertz CT molecular complexity index is 840. The standard InChI is InChI=1S/C25H36O6/c1-10-8-14-18(22(27)11(2)21(14)26)13-9-15-19(17(10)13)24(4)7-6-16-12(3)25(29-5,31-24)20(15)23(28)30-16/h8,11-22,26-27H,6-7,9H2,1-5H3/t11-,12+,13-,14+,15-,16+,17-,18+,19-,20-,21-,22+,24+,25+/m0/s1. The molecule has 0 amide bonds. The average molecular weight is 433 g/mol. The van der Waals surface area contributed by atoms with E-state index in [0.29, 0.717) is 0 Å². The molecule has 3 saturated heterocycles. The molecule has 5 fully saturated rings. The minimum atomic E-state index is -0.946. The number of fused-ring (bicyclic) bond motifs is 9. The van der Waals surface area contributed by atoms with Crippen molar-refractivity contribution in [1.82, 2.24) is 0 Å². The Morgan fingerprint density at radius 1 is 1.19 bits per heavy atom. The summed E-state index contributed by atoms with van der Waals surface area (Å²) in [6.45, 7) is 8.44. The van der Waals surface area contributed by atoms with Gasteiger partial charge in [0.25, 0.3) is 0 Å². The fourth-order valence-corrected chi connectivity index (χ4v) is 9.26. The molecule has 6 nitrogen and oxygen atoms in total. The van der Waals surface area contributed by atoms with Crippen LogP contribution >= 0.6 is 0 Å². The lowest BCUT2D eigenvalue weighted by molar-refractivity contribution is -0.376. The van der Waals surface area contributed by atoms with E-state index in [2.05, 4.69) is 26.8 Å². The third-order valence-corrected chi connectivity index (χ3v) is 10.6. The summed E-state index contributed by atoms with van der Waals surface area (Å²) in [6, 6.07) is 0. The van der Waals surface area contributed by atoms with Crippen LogP contribution in [-0.2, 0) is 19.0 Å². The second kappa shape index (κ2) is 6.34. The summed E-state index contributed by atoms with van der Waals surface area (Å²) in [4.78, 5) is 13.4. The van der Waals surface area contributed by atoms with Crippen molar-refractivity contribution in [3.63, 3.8) is 0 Å². The van der Waals surface area contributed by atoms with Crippen molar-refractivity contribution in [3.8, 4) is 0 Å². The first kappa shape index (κ1) is 20.6. The molecule has 2 N–H and O–H groups in total. The van der Waals surface area contributed by atoms with Gasteiger partial charge in [-0.05, 0) is 62.7 Å². The van der Waals surface area contributed by atoms with Crippen molar-refractivity contribution in [1.29, 1.82) is 0 Å². The van der Waals surface area contributed by atoms with Crippen LogP contribution in [0.15, 0.2) is 11.6 Å². The van der Waals surface area contributed by atoms with Crippen LogP contribution in [0.2, 0.25) is 0 Å². The highest BCUT2D eigenvalue weighted by Gasteiger charge is 2.74. The Labute approximate surface area is 184 Å². The van der Waals surface area contributed by atoms with Crippen molar-refractivity contribution in [2.24, 2.45) is 53.3 Å². The minimum absolute atomic E-state index is 0.0136. The summed E-state index contributed by atoms with van der Waals surface area (Å²) in [5.41, 5.74) is 0.873. The van der Waals surface area contributed by atoms with Crippen LogP contribution in [0.4, 0.5) is 0 Å². The van der Waals surface area contributed by atoms with Crippen LogP contribution in [0.1, 0.15) is 47.0 Å². The maximum Gasteiger partial charge on any atom is 0.315 e. The Morgan fingerprint density at radius 3 is 2.65 bits per heavy atom. The first-order chi connectivity index (χ1) is 14.6. The van der Waals surface area contributed by atoms with Gasteiger partial charge in [-0.3, -0.25) is 4.79 Å². The van der Waals surface area contributed by atoms with Crippen LogP contribution in [0.3, 0.4) is 0 Å². The number of allylic oxidation sites excluding steroid dienone is 1.